The minimum Gasteiger partial charge on any atom is -0.484 e. The lowest BCUT2D eigenvalue weighted by Gasteiger charge is -2.28. The third-order valence-corrected chi connectivity index (χ3v) is 7.54. The van der Waals surface area contributed by atoms with Gasteiger partial charge in [-0.15, -0.1) is 11.8 Å². The molecule has 1 aliphatic carbocycles. The molecule has 39 heavy (non-hydrogen) atoms. The quantitative estimate of drug-likeness (QED) is 0.185. The van der Waals surface area contributed by atoms with E-state index in [9.17, 15) is 14.0 Å². The standard InChI is InChI=1S/C30H34FN3O4S/c1-3-37-26(35)18-32-29(36)27-28(38-19-21-7-5-4-6-8-21)30(39-2)34-25(33-27)17-20-9-11-22(12-10-20)23-13-15-24(31)16-14-23/h4-8,13-16,20,22H,3,9-12,17-19H2,1-2H3,(H,32,36). The molecule has 0 bridgehead atoms. The average Bonchev–Trinajstić information content (AvgIpc) is 2.96. The summed E-state index contributed by atoms with van der Waals surface area (Å²) in [5.41, 5.74) is 2.24. The van der Waals surface area contributed by atoms with Crippen LogP contribution in [-0.2, 0) is 22.6 Å². The van der Waals surface area contributed by atoms with E-state index < -0.39 is 11.9 Å². The largest absolute Gasteiger partial charge is 0.484 e. The zero-order chi connectivity index (χ0) is 27.6. The summed E-state index contributed by atoms with van der Waals surface area (Å²) in [6, 6.07) is 16.5. The molecule has 1 amide bonds. The van der Waals surface area contributed by atoms with E-state index in [4.69, 9.17) is 14.5 Å². The van der Waals surface area contributed by atoms with Crippen molar-refractivity contribution in [1.29, 1.82) is 0 Å². The molecule has 9 heteroatoms. The molecule has 0 radical (unpaired) electrons. The first-order chi connectivity index (χ1) is 19.0. The van der Waals surface area contributed by atoms with Crippen LogP contribution in [0.3, 0.4) is 0 Å². The number of hydrogen-bond acceptors (Lipinski definition) is 7. The molecular weight excluding hydrogens is 517 g/mol. The summed E-state index contributed by atoms with van der Waals surface area (Å²) in [6.07, 6.45) is 6.54. The van der Waals surface area contributed by atoms with Crippen molar-refractivity contribution >= 4 is 23.6 Å². The molecule has 2 aromatic carbocycles. The van der Waals surface area contributed by atoms with Crippen LogP contribution in [0.25, 0.3) is 0 Å². The van der Waals surface area contributed by atoms with Gasteiger partial charge in [0.1, 0.15) is 29.8 Å². The Hall–Kier alpha value is -3.46. The summed E-state index contributed by atoms with van der Waals surface area (Å²) >= 11 is 1.39. The molecular formula is C30H34FN3O4S. The third-order valence-electron chi connectivity index (χ3n) is 6.87. The first-order valence-electron chi connectivity index (χ1n) is 13.3. The zero-order valence-electron chi connectivity index (χ0n) is 22.3. The van der Waals surface area contributed by atoms with Crippen LogP contribution in [0, 0.1) is 11.7 Å². The lowest BCUT2D eigenvalue weighted by atomic mass is 9.77. The highest BCUT2D eigenvalue weighted by Crippen LogP contribution is 2.37. The lowest BCUT2D eigenvalue weighted by molar-refractivity contribution is -0.141. The van der Waals surface area contributed by atoms with Gasteiger partial charge in [-0.3, -0.25) is 9.59 Å². The molecule has 4 rings (SSSR count). The number of hydrogen-bond donors (Lipinski definition) is 1. The molecule has 0 spiro atoms. The van der Waals surface area contributed by atoms with Crippen molar-refractivity contribution in [2.75, 3.05) is 19.4 Å². The number of esters is 1. The molecule has 0 aliphatic heterocycles. The van der Waals surface area contributed by atoms with Gasteiger partial charge in [0.05, 0.1) is 6.61 Å². The summed E-state index contributed by atoms with van der Waals surface area (Å²) in [5, 5.41) is 3.19. The minimum atomic E-state index is -0.519. The van der Waals surface area contributed by atoms with Crippen LogP contribution < -0.4 is 10.1 Å². The number of carbonyl (C=O) groups excluding carboxylic acids is 2. The number of nitrogens with zero attached hydrogens (tertiary/aromatic N) is 2. The molecule has 1 fully saturated rings. The Labute approximate surface area is 232 Å². The molecule has 0 atom stereocenters. The molecule has 3 aromatic rings. The summed E-state index contributed by atoms with van der Waals surface area (Å²) in [7, 11) is 0. The van der Waals surface area contributed by atoms with Crippen molar-refractivity contribution in [3.63, 3.8) is 0 Å². The number of benzene rings is 2. The maximum Gasteiger partial charge on any atom is 0.325 e. The Morgan fingerprint density at radius 1 is 1.03 bits per heavy atom. The van der Waals surface area contributed by atoms with Gasteiger partial charge < -0.3 is 14.8 Å². The van der Waals surface area contributed by atoms with Crippen molar-refractivity contribution in [2.24, 2.45) is 5.92 Å². The Kier molecular flexibility index (Phi) is 10.3. The van der Waals surface area contributed by atoms with Gasteiger partial charge in [0, 0.05) is 6.42 Å². The first kappa shape index (κ1) is 28.5. The van der Waals surface area contributed by atoms with Crippen molar-refractivity contribution in [3.05, 3.63) is 83.1 Å². The predicted molar refractivity (Wildman–Crippen MR) is 148 cm³/mol. The van der Waals surface area contributed by atoms with Gasteiger partial charge in [0.2, 0.25) is 0 Å². The summed E-state index contributed by atoms with van der Waals surface area (Å²) < 4.78 is 24.3. The molecule has 1 N–H and O–H groups in total. The fraction of sp³-hybridized carbons (Fsp3) is 0.400. The molecule has 7 nitrogen and oxygen atoms in total. The summed E-state index contributed by atoms with van der Waals surface area (Å²) in [5.74, 6) is 0.437. The highest BCUT2D eigenvalue weighted by molar-refractivity contribution is 7.98. The number of aromatic nitrogens is 2. The Morgan fingerprint density at radius 2 is 1.74 bits per heavy atom. The summed E-state index contributed by atoms with van der Waals surface area (Å²) in [6.45, 7) is 1.94. The Balaban J connectivity index is 1.50. The molecule has 1 aromatic heterocycles. The minimum absolute atomic E-state index is 0.115. The zero-order valence-corrected chi connectivity index (χ0v) is 23.1. The monoisotopic (exact) mass is 551 g/mol. The third kappa shape index (κ3) is 8.02. The van der Waals surface area contributed by atoms with Gasteiger partial charge in [0.15, 0.2) is 11.4 Å². The van der Waals surface area contributed by atoms with Gasteiger partial charge in [-0.25, -0.2) is 14.4 Å². The molecule has 206 valence electrons. The average molecular weight is 552 g/mol. The number of ether oxygens (including phenoxy) is 2. The highest BCUT2D eigenvalue weighted by atomic mass is 32.2. The SMILES string of the molecule is CCOC(=O)CNC(=O)c1nc(CC2CCC(c3ccc(F)cc3)CC2)nc(SC)c1OCc1ccccc1. The van der Waals surface area contributed by atoms with E-state index in [1.807, 2.05) is 48.7 Å². The van der Waals surface area contributed by atoms with E-state index in [2.05, 4.69) is 10.3 Å². The normalized spacial score (nSPS) is 16.9. The molecule has 0 unspecified atom stereocenters. The fourth-order valence-corrected chi connectivity index (χ4v) is 5.40. The number of rotatable bonds is 11. The van der Waals surface area contributed by atoms with Crippen LogP contribution in [0.5, 0.6) is 5.75 Å². The van der Waals surface area contributed by atoms with Gasteiger partial charge in [-0.2, -0.15) is 0 Å². The maximum absolute atomic E-state index is 13.3. The molecule has 0 saturated heterocycles. The number of nitrogens with one attached hydrogen (secondary N) is 1. The van der Waals surface area contributed by atoms with Crippen molar-refractivity contribution < 1.29 is 23.5 Å². The van der Waals surface area contributed by atoms with Crippen LogP contribution in [0.15, 0.2) is 59.6 Å². The number of amides is 1. The van der Waals surface area contributed by atoms with Crippen molar-refractivity contribution in [2.45, 2.75) is 56.6 Å². The second-order valence-electron chi connectivity index (χ2n) is 9.56. The lowest BCUT2D eigenvalue weighted by Crippen LogP contribution is -2.32. The Morgan fingerprint density at radius 3 is 2.41 bits per heavy atom. The number of thioether (sulfide) groups is 1. The van der Waals surface area contributed by atoms with E-state index >= 15 is 0 Å². The van der Waals surface area contributed by atoms with Crippen LogP contribution in [0.4, 0.5) is 4.39 Å². The summed E-state index contributed by atoms with van der Waals surface area (Å²) in [4.78, 5) is 34.5. The smallest absolute Gasteiger partial charge is 0.325 e. The van der Waals surface area contributed by atoms with Gasteiger partial charge in [0.25, 0.3) is 5.91 Å². The van der Waals surface area contributed by atoms with E-state index in [0.29, 0.717) is 34.9 Å². The molecule has 1 aliphatic rings. The van der Waals surface area contributed by atoms with Gasteiger partial charge >= 0.3 is 5.97 Å². The fourth-order valence-electron chi connectivity index (χ4n) is 4.86. The van der Waals surface area contributed by atoms with E-state index in [1.54, 1.807) is 6.92 Å². The van der Waals surface area contributed by atoms with E-state index in [0.717, 1.165) is 31.2 Å². The predicted octanol–water partition coefficient (Wildman–Crippen LogP) is 5.73. The molecule has 1 saturated carbocycles. The van der Waals surface area contributed by atoms with E-state index in [-0.39, 0.29) is 31.3 Å². The van der Waals surface area contributed by atoms with Gasteiger partial charge in [-0.1, -0.05) is 42.5 Å². The molecule has 1 heterocycles. The van der Waals surface area contributed by atoms with Crippen LogP contribution in [0.2, 0.25) is 0 Å². The number of carbonyl (C=O) groups is 2. The second-order valence-corrected chi connectivity index (χ2v) is 10.4. The van der Waals surface area contributed by atoms with Crippen molar-refractivity contribution in [3.8, 4) is 5.75 Å². The maximum atomic E-state index is 13.3. The number of halogens is 1. The first-order valence-corrected chi connectivity index (χ1v) is 14.5. The van der Waals surface area contributed by atoms with Crippen LogP contribution >= 0.6 is 11.8 Å². The van der Waals surface area contributed by atoms with Gasteiger partial charge in [-0.05, 0) is 74.0 Å². The van der Waals surface area contributed by atoms with Crippen LogP contribution in [0.1, 0.15) is 66.0 Å². The van der Waals surface area contributed by atoms with E-state index in [1.165, 1.54) is 29.5 Å². The van der Waals surface area contributed by atoms with Crippen molar-refractivity contribution in [1.82, 2.24) is 15.3 Å². The second kappa shape index (κ2) is 14.1. The Bertz CT molecular complexity index is 1250. The highest BCUT2D eigenvalue weighted by Gasteiger charge is 2.26. The topological polar surface area (TPSA) is 90.4 Å². The van der Waals surface area contributed by atoms with Crippen LogP contribution in [-0.4, -0.2) is 41.3 Å².